The van der Waals surface area contributed by atoms with Crippen LogP contribution in [0.5, 0.6) is 0 Å². The molecule has 3 heteroatoms. The Morgan fingerprint density at radius 2 is 2.20 bits per heavy atom. The fraction of sp³-hybridized carbons (Fsp3) is 0.667. The first kappa shape index (κ1) is 12.7. The fourth-order valence-corrected chi connectivity index (χ4v) is 2.15. The standard InChI is InChI=1S/C12H21NOS/c1-10(2)11(3)15-8-6-13-9-12-5-4-7-14-12/h4-5,7,10-11,13H,6,8-9H2,1-3H3. The van der Waals surface area contributed by atoms with Crippen LogP contribution in [0.3, 0.4) is 0 Å². The zero-order chi connectivity index (χ0) is 11.1. The second-order valence-corrected chi connectivity index (χ2v) is 5.56. The number of furan rings is 1. The van der Waals surface area contributed by atoms with Crippen molar-refractivity contribution in [3.63, 3.8) is 0 Å². The quantitative estimate of drug-likeness (QED) is 0.724. The van der Waals surface area contributed by atoms with Crippen LogP contribution in [0.25, 0.3) is 0 Å². The first-order valence-corrected chi connectivity index (χ1v) is 6.59. The van der Waals surface area contributed by atoms with Crippen LogP contribution in [0, 0.1) is 5.92 Å². The van der Waals surface area contributed by atoms with Crippen molar-refractivity contribution in [2.24, 2.45) is 5.92 Å². The Kier molecular flexibility index (Phi) is 5.88. The van der Waals surface area contributed by atoms with E-state index in [9.17, 15) is 0 Å². The lowest BCUT2D eigenvalue weighted by Gasteiger charge is -2.14. The number of hydrogen-bond donors (Lipinski definition) is 1. The first-order chi connectivity index (χ1) is 7.20. The Bertz CT molecular complexity index is 246. The van der Waals surface area contributed by atoms with Crippen LogP contribution < -0.4 is 5.32 Å². The summed E-state index contributed by atoms with van der Waals surface area (Å²) in [6.45, 7) is 8.72. The minimum Gasteiger partial charge on any atom is -0.468 e. The highest BCUT2D eigenvalue weighted by atomic mass is 32.2. The van der Waals surface area contributed by atoms with Crippen molar-refractivity contribution >= 4 is 11.8 Å². The summed E-state index contributed by atoms with van der Waals surface area (Å²) in [7, 11) is 0. The molecule has 0 spiro atoms. The summed E-state index contributed by atoms with van der Waals surface area (Å²) in [4.78, 5) is 0. The van der Waals surface area contributed by atoms with E-state index in [0.717, 1.165) is 30.0 Å². The van der Waals surface area contributed by atoms with Crippen LogP contribution in [0.15, 0.2) is 22.8 Å². The number of hydrogen-bond acceptors (Lipinski definition) is 3. The molecule has 0 saturated heterocycles. The molecule has 1 atom stereocenters. The summed E-state index contributed by atoms with van der Waals surface area (Å²) in [5.41, 5.74) is 0. The zero-order valence-corrected chi connectivity index (χ0v) is 10.6. The molecule has 1 aromatic rings. The van der Waals surface area contributed by atoms with Crippen molar-refractivity contribution in [2.45, 2.75) is 32.6 Å². The van der Waals surface area contributed by atoms with E-state index in [-0.39, 0.29) is 0 Å². The molecule has 1 unspecified atom stereocenters. The van der Waals surface area contributed by atoms with E-state index < -0.39 is 0 Å². The summed E-state index contributed by atoms with van der Waals surface area (Å²) >= 11 is 2.03. The van der Waals surface area contributed by atoms with Gasteiger partial charge in [0.15, 0.2) is 0 Å². The van der Waals surface area contributed by atoms with E-state index >= 15 is 0 Å². The molecule has 1 rings (SSSR count). The Balaban J connectivity index is 1.98. The molecular formula is C12H21NOS. The van der Waals surface area contributed by atoms with Crippen molar-refractivity contribution in [3.8, 4) is 0 Å². The van der Waals surface area contributed by atoms with Crippen LogP contribution >= 0.6 is 11.8 Å². The smallest absolute Gasteiger partial charge is 0.117 e. The largest absolute Gasteiger partial charge is 0.468 e. The summed E-state index contributed by atoms with van der Waals surface area (Å²) in [6.07, 6.45) is 1.71. The molecule has 0 radical (unpaired) electrons. The molecular weight excluding hydrogens is 206 g/mol. The normalized spacial score (nSPS) is 13.3. The molecule has 0 aliphatic carbocycles. The van der Waals surface area contributed by atoms with Crippen molar-refractivity contribution in [1.29, 1.82) is 0 Å². The van der Waals surface area contributed by atoms with Gasteiger partial charge in [-0.25, -0.2) is 0 Å². The van der Waals surface area contributed by atoms with Gasteiger partial charge in [-0.3, -0.25) is 0 Å². The second kappa shape index (κ2) is 6.96. The van der Waals surface area contributed by atoms with E-state index in [0.29, 0.717) is 0 Å². The molecule has 0 aliphatic rings. The Morgan fingerprint density at radius 3 is 2.80 bits per heavy atom. The van der Waals surface area contributed by atoms with Gasteiger partial charge in [-0.05, 0) is 18.1 Å². The van der Waals surface area contributed by atoms with Crippen LogP contribution in [0.1, 0.15) is 26.5 Å². The van der Waals surface area contributed by atoms with Gasteiger partial charge in [-0.15, -0.1) is 0 Å². The molecule has 0 aliphatic heterocycles. The predicted octanol–water partition coefficient (Wildman–Crippen LogP) is 3.15. The third-order valence-corrected chi connectivity index (χ3v) is 3.99. The van der Waals surface area contributed by atoms with Crippen LogP contribution in [-0.4, -0.2) is 17.5 Å². The minimum atomic E-state index is 0.746. The highest BCUT2D eigenvalue weighted by Gasteiger charge is 2.06. The third kappa shape index (κ3) is 5.28. The Labute approximate surface area is 96.8 Å². The van der Waals surface area contributed by atoms with Crippen molar-refractivity contribution < 1.29 is 4.42 Å². The maximum atomic E-state index is 5.23. The molecule has 0 saturated carbocycles. The van der Waals surface area contributed by atoms with E-state index in [1.807, 2.05) is 23.9 Å². The van der Waals surface area contributed by atoms with E-state index in [1.54, 1.807) is 6.26 Å². The number of thioether (sulfide) groups is 1. The summed E-state index contributed by atoms with van der Waals surface area (Å²) in [5.74, 6) is 2.94. The summed E-state index contributed by atoms with van der Waals surface area (Å²) < 4.78 is 5.23. The van der Waals surface area contributed by atoms with E-state index in [1.165, 1.54) is 5.75 Å². The van der Waals surface area contributed by atoms with Gasteiger partial charge in [0.05, 0.1) is 12.8 Å². The molecule has 0 fully saturated rings. The summed E-state index contributed by atoms with van der Waals surface area (Å²) in [5, 5.41) is 4.11. The average molecular weight is 227 g/mol. The van der Waals surface area contributed by atoms with Crippen LogP contribution in [0.2, 0.25) is 0 Å². The molecule has 2 nitrogen and oxygen atoms in total. The molecule has 0 amide bonds. The van der Waals surface area contributed by atoms with Crippen LogP contribution in [-0.2, 0) is 6.54 Å². The molecule has 15 heavy (non-hydrogen) atoms. The van der Waals surface area contributed by atoms with E-state index in [4.69, 9.17) is 4.42 Å². The zero-order valence-electron chi connectivity index (χ0n) is 9.82. The SMILES string of the molecule is CC(C)C(C)SCCNCc1ccco1. The van der Waals surface area contributed by atoms with Gasteiger partial charge in [0, 0.05) is 17.5 Å². The number of nitrogens with one attached hydrogen (secondary N) is 1. The number of rotatable bonds is 7. The lowest BCUT2D eigenvalue weighted by molar-refractivity contribution is 0.488. The van der Waals surface area contributed by atoms with Crippen molar-refractivity contribution in [1.82, 2.24) is 5.32 Å². The first-order valence-electron chi connectivity index (χ1n) is 5.55. The average Bonchev–Trinajstić information content (AvgIpc) is 2.69. The second-order valence-electron chi connectivity index (χ2n) is 4.08. The lowest BCUT2D eigenvalue weighted by atomic mass is 10.2. The van der Waals surface area contributed by atoms with Gasteiger partial charge in [0.1, 0.15) is 5.76 Å². The molecule has 1 aromatic heterocycles. The van der Waals surface area contributed by atoms with Gasteiger partial charge in [-0.2, -0.15) is 11.8 Å². The predicted molar refractivity (Wildman–Crippen MR) is 67.2 cm³/mol. The maximum absolute atomic E-state index is 5.23. The minimum absolute atomic E-state index is 0.746. The monoisotopic (exact) mass is 227 g/mol. The van der Waals surface area contributed by atoms with Gasteiger partial charge < -0.3 is 9.73 Å². The Hall–Kier alpha value is -0.410. The highest BCUT2D eigenvalue weighted by molar-refractivity contribution is 7.99. The topological polar surface area (TPSA) is 25.2 Å². The highest BCUT2D eigenvalue weighted by Crippen LogP contribution is 2.17. The molecule has 1 N–H and O–H groups in total. The van der Waals surface area contributed by atoms with Gasteiger partial charge >= 0.3 is 0 Å². The third-order valence-electron chi connectivity index (χ3n) is 2.48. The van der Waals surface area contributed by atoms with Crippen molar-refractivity contribution in [2.75, 3.05) is 12.3 Å². The van der Waals surface area contributed by atoms with Crippen LogP contribution in [0.4, 0.5) is 0 Å². The lowest BCUT2D eigenvalue weighted by Crippen LogP contribution is -2.18. The molecule has 0 bridgehead atoms. The maximum Gasteiger partial charge on any atom is 0.117 e. The molecule has 86 valence electrons. The van der Waals surface area contributed by atoms with Gasteiger partial charge in [0.2, 0.25) is 0 Å². The fourth-order valence-electron chi connectivity index (χ4n) is 1.13. The van der Waals surface area contributed by atoms with Crippen molar-refractivity contribution in [3.05, 3.63) is 24.2 Å². The summed E-state index contributed by atoms with van der Waals surface area (Å²) in [6, 6.07) is 3.92. The van der Waals surface area contributed by atoms with Gasteiger partial charge in [-0.1, -0.05) is 20.8 Å². The van der Waals surface area contributed by atoms with Gasteiger partial charge in [0.25, 0.3) is 0 Å². The Morgan fingerprint density at radius 1 is 1.40 bits per heavy atom. The molecule has 0 aromatic carbocycles. The van der Waals surface area contributed by atoms with E-state index in [2.05, 4.69) is 26.1 Å². The molecule has 1 heterocycles.